The molecule has 0 unspecified atom stereocenters. The Hall–Kier alpha value is -3.30. The number of hydrogen-bond acceptors (Lipinski definition) is 8. The van der Waals surface area contributed by atoms with Crippen molar-refractivity contribution in [1.82, 2.24) is 5.32 Å². The topological polar surface area (TPSA) is 108 Å². The predicted octanol–water partition coefficient (Wildman–Crippen LogP) is 4.99. The molecular weight excluding hydrogens is 468 g/mol. The normalized spacial score (nSPS) is 20.1. The minimum absolute atomic E-state index is 0.0164. The van der Waals surface area contributed by atoms with Gasteiger partial charge < -0.3 is 14.8 Å². The Labute approximate surface area is 207 Å². The molecule has 4 rings (SSSR count). The Morgan fingerprint density at radius 3 is 2.57 bits per heavy atom. The molecule has 0 radical (unpaired) electrons. The summed E-state index contributed by atoms with van der Waals surface area (Å²) in [6.07, 6.45) is 1.00. The second-order valence-electron chi connectivity index (χ2n) is 8.94. The van der Waals surface area contributed by atoms with Crippen LogP contribution < -0.4 is 5.32 Å². The van der Waals surface area contributed by atoms with Crippen molar-refractivity contribution in [3.05, 3.63) is 84.9 Å². The summed E-state index contributed by atoms with van der Waals surface area (Å²) >= 11 is 1.63. The molecule has 1 aliphatic carbocycles. The van der Waals surface area contributed by atoms with Gasteiger partial charge in [0.2, 0.25) is 0 Å². The summed E-state index contributed by atoms with van der Waals surface area (Å²) in [5.41, 5.74) is 2.85. The lowest BCUT2D eigenvalue weighted by molar-refractivity contribution is -0.384. The summed E-state index contributed by atoms with van der Waals surface area (Å²) in [5.74, 6) is -1.17. The van der Waals surface area contributed by atoms with Crippen molar-refractivity contribution in [2.75, 3.05) is 13.2 Å². The molecule has 0 amide bonds. The third kappa shape index (κ3) is 5.36. The number of carbonyl (C=O) groups excluding carboxylic acids is 2. The maximum absolute atomic E-state index is 13.5. The molecule has 1 aliphatic heterocycles. The first-order chi connectivity index (χ1) is 16.8. The van der Waals surface area contributed by atoms with Crippen LogP contribution in [0, 0.1) is 10.1 Å². The monoisotopic (exact) mass is 496 g/mol. The van der Waals surface area contributed by atoms with Crippen LogP contribution in [0.2, 0.25) is 0 Å². The number of esters is 1. The third-order valence-corrected chi connectivity index (χ3v) is 7.23. The maximum Gasteiger partial charge on any atom is 0.336 e. The van der Waals surface area contributed by atoms with Gasteiger partial charge in [-0.1, -0.05) is 18.2 Å². The smallest absolute Gasteiger partial charge is 0.336 e. The number of allylic oxidation sites excluding steroid dienone is 3. The summed E-state index contributed by atoms with van der Waals surface area (Å²) < 4.78 is 11.0. The van der Waals surface area contributed by atoms with Crippen molar-refractivity contribution >= 4 is 28.8 Å². The highest BCUT2D eigenvalue weighted by Crippen LogP contribution is 2.46. The van der Waals surface area contributed by atoms with E-state index < -0.39 is 16.8 Å². The summed E-state index contributed by atoms with van der Waals surface area (Å²) in [4.78, 5) is 38.6. The van der Waals surface area contributed by atoms with Crippen molar-refractivity contribution in [2.45, 2.75) is 51.6 Å². The standard InChI is InChI=1S/C26H28N2O6S/c1-15(2)33-10-11-34-26(30)23-16(3)27-20-13-18(22-5-4-12-35-22)14-21(29)25(20)24(23)17-6-8-19(9-7-17)28(31)32/h4-9,12,15,18,24,27H,10-11,13-14H2,1-3H3/t18-,24+/m0/s1. The van der Waals surface area contributed by atoms with Gasteiger partial charge in [-0.2, -0.15) is 0 Å². The van der Waals surface area contributed by atoms with Crippen LogP contribution in [0.15, 0.2) is 64.3 Å². The molecule has 2 aliphatic rings. The number of dihydropyridines is 1. The van der Waals surface area contributed by atoms with E-state index in [1.54, 1.807) is 30.4 Å². The molecule has 1 aromatic carbocycles. The molecule has 35 heavy (non-hydrogen) atoms. The number of carbonyl (C=O) groups is 2. The Morgan fingerprint density at radius 2 is 1.94 bits per heavy atom. The number of nitro groups is 1. The summed E-state index contributed by atoms with van der Waals surface area (Å²) in [6.45, 7) is 5.94. The van der Waals surface area contributed by atoms with Gasteiger partial charge in [0.25, 0.3) is 5.69 Å². The molecule has 2 atom stereocenters. The van der Waals surface area contributed by atoms with Crippen molar-refractivity contribution < 1.29 is 24.0 Å². The minimum atomic E-state index is -0.664. The number of rotatable bonds is 8. The van der Waals surface area contributed by atoms with Crippen LogP contribution in [-0.2, 0) is 19.1 Å². The molecule has 2 aromatic rings. The van der Waals surface area contributed by atoms with Crippen LogP contribution >= 0.6 is 11.3 Å². The minimum Gasteiger partial charge on any atom is -0.460 e. The van der Waals surface area contributed by atoms with E-state index in [0.29, 0.717) is 35.2 Å². The largest absolute Gasteiger partial charge is 0.460 e. The summed E-state index contributed by atoms with van der Waals surface area (Å²) in [7, 11) is 0. The maximum atomic E-state index is 13.5. The van der Waals surface area contributed by atoms with Gasteiger partial charge in [-0.05, 0) is 44.2 Å². The first-order valence-corrected chi connectivity index (χ1v) is 12.4. The number of Topliss-reactive ketones (excluding diaryl/α,β-unsaturated/α-hetero) is 1. The highest BCUT2D eigenvalue weighted by Gasteiger charge is 2.41. The zero-order chi connectivity index (χ0) is 25.1. The number of ketones is 1. The van der Waals surface area contributed by atoms with Crippen molar-refractivity contribution in [2.24, 2.45) is 0 Å². The van der Waals surface area contributed by atoms with Gasteiger partial charge in [0.15, 0.2) is 5.78 Å². The molecule has 0 bridgehead atoms. The predicted molar refractivity (Wildman–Crippen MR) is 132 cm³/mol. The Morgan fingerprint density at radius 1 is 1.20 bits per heavy atom. The van der Waals surface area contributed by atoms with E-state index in [-0.39, 0.29) is 36.7 Å². The highest BCUT2D eigenvalue weighted by molar-refractivity contribution is 7.10. The molecule has 1 N–H and O–H groups in total. The van der Waals surface area contributed by atoms with E-state index in [1.807, 2.05) is 31.4 Å². The van der Waals surface area contributed by atoms with Gasteiger partial charge in [0.05, 0.1) is 23.2 Å². The quantitative estimate of drug-likeness (QED) is 0.237. The molecule has 0 saturated heterocycles. The molecule has 0 spiro atoms. The average Bonchev–Trinajstić information content (AvgIpc) is 3.36. The third-order valence-electron chi connectivity index (χ3n) is 6.20. The first kappa shape index (κ1) is 24.8. The van der Waals surface area contributed by atoms with Crippen LogP contribution in [-0.4, -0.2) is 36.0 Å². The molecule has 1 aromatic heterocycles. The number of hydrogen-bond donors (Lipinski definition) is 1. The van der Waals surface area contributed by atoms with Crippen molar-refractivity contribution in [1.29, 1.82) is 0 Å². The number of thiophene rings is 1. The van der Waals surface area contributed by atoms with E-state index in [4.69, 9.17) is 9.47 Å². The SMILES string of the molecule is CC1=C(C(=O)OCCOC(C)C)[C@@H](c2ccc([N+](=O)[O-])cc2)C2=C(C[C@H](c3cccs3)CC2=O)N1. The van der Waals surface area contributed by atoms with Crippen molar-refractivity contribution in [3.8, 4) is 0 Å². The Balaban J connectivity index is 1.70. The molecular formula is C26H28N2O6S. The van der Waals surface area contributed by atoms with Gasteiger partial charge in [0, 0.05) is 52.2 Å². The van der Waals surface area contributed by atoms with Crippen molar-refractivity contribution in [3.63, 3.8) is 0 Å². The second kappa shape index (κ2) is 10.5. The van der Waals surface area contributed by atoms with Gasteiger partial charge in [0.1, 0.15) is 6.61 Å². The first-order valence-electron chi connectivity index (χ1n) is 11.6. The number of ether oxygens (including phenoxy) is 2. The molecule has 8 nitrogen and oxygen atoms in total. The zero-order valence-electron chi connectivity index (χ0n) is 19.9. The Kier molecular flexibility index (Phi) is 7.47. The highest BCUT2D eigenvalue weighted by atomic mass is 32.1. The Bertz CT molecular complexity index is 1180. The molecule has 0 saturated carbocycles. The number of nitrogens with zero attached hydrogens (tertiary/aromatic N) is 1. The van der Waals surface area contributed by atoms with Gasteiger partial charge in [-0.15, -0.1) is 11.3 Å². The number of nitrogens with one attached hydrogen (secondary N) is 1. The lowest BCUT2D eigenvalue weighted by atomic mass is 9.72. The van der Waals surface area contributed by atoms with Crippen LogP contribution in [0.3, 0.4) is 0 Å². The lowest BCUT2D eigenvalue weighted by Crippen LogP contribution is -2.36. The van der Waals surface area contributed by atoms with Gasteiger partial charge >= 0.3 is 5.97 Å². The fourth-order valence-electron chi connectivity index (χ4n) is 4.65. The van der Waals surface area contributed by atoms with Crippen LogP contribution in [0.25, 0.3) is 0 Å². The lowest BCUT2D eigenvalue weighted by Gasteiger charge is -2.36. The number of benzene rings is 1. The van der Waals surface area contributed by atoms with Crippen LogP contribution in [0.4, 0.5) is 5.69 Å². The zero-order valence-corrected chi connectivity index (χ0v) is 20.7. The fraction of sp³-hybridized carbons (Fsp3) is 0.385. The summed E-state index contributed by atoms with van der Waals surface area (Å²) in [5, 5.41) is 16.5. The molecule has 9 heteroatoms. The molecule has 0 fully saturated rings. The van der Waals surface area contributed by atoms with Crippen LogP contribution in [0.5, 0.6) is 0 Å². The van der Waals surface area contributed by atoms with E-state index in [2.05, 4.69) is 5.32 Å². The molecule has 2 heterocycles. The van der Waals surface area contributed by atoms with E-state index in [9.17, 15) is 19.7 Å². The van der Waals surface area contributed by atoms with E-state index in [1.165, 1.54) is 12.1 Å². The fourth-order valence-corrected chi connectivity index (χ4v) is 5.48. The number of nitro benzene ring substituents is 1. The molecule has 184 valence electrons. The van der Waals surface area contributed by atoms with Gasteiger partial charge in [-0.25, -0.2) is 4.79 Å². The average molecular weight is 497 g/mol. The van der Waals surface area contributed by atoms with E-state index in [0.717, 1.165) is 10.6 Å². The number of non-ortho nitro benzene ring substituents is 1. The van der Waals surface area contributed by atoms with E-state index >= 15 is 0 Å². The van der Waals surface area contributed by atoms with Gasteiger partial charge in [-0.3, -0.25) is 14.9 Å². The van der Waals surface area contributed by atoms with Crippen LogP contribution in [0.1, 0.15) is 55.9 Å². The summed E-state index contributed by atoms with van der Waals surface area (Å²) in [6, 6.07) is 10.0. The second-order valence-corrected chi connectivity index (χ2v) is 9.92.